The molecular weight excluding hydrogens is 236 g/mol. The second-order valence-corrected chi connectivity index (χ2v) is 4.44. The molecule has 0 aromatic carbocycles. The van der Waals surface area contributed by atoms with Crippen molar-refractivity contribution in [2.24, 2.45) is 0 Å². The number of pyridine rings is 1. The number of hydrogen-bond acceptors (Lipinski definition) is 5. The number of nitriles is 1. The monoisotopic (exact) mass is 250 g/mol. The van der Waals surface area contributed by atoms with Crippen LogP contribution in [0.4, 0.5) is 5.69 Å². The van der Waals surface area contributed by atoms with Gasteiger partial charge in [0.15, 0.2) is 0 Å². The zero-order valence-corrected chi connectivity index (χ0v) is 10.4. The summed E-state index contributed by atoms with van der Waals surface area (Å²) in [5, 5.41) is 9.18. The molecule has 0 spiro atoms. The minimum absolute atomic E-state index is 0.0103. The molecule has 0 radical (unpaired) electrons. The van der Waals surface area contributed by atoms with Crippen molar-refractivity contribution in [2.45, 2.75) is 11.4 Å². The molecular formula is C11H14N4OS. The van der Waals surface area contributed by atoms with Crippen LogP contribution in [-0.4, -0.2) is 35.1 Å². The van der Waals surface area contributed by atoms with Crippen molar-refractivity contribution in [3.63, 3.8) is 0 Å². The van der Waals surface area contributed by atoms with Gasteiger partial charge < -0.3 is 10.6 Å². The van der Waals surface area contributed by atoms with Crippen molar-refractivity contribution >= 4 is 23.4 Å². The van der Waals surface area contributed by atoms with Gasteiger partial charge in [-0.1, -0.05) is 11.8 Å². The van der Waals surface area contributed by atoms with E-state index in [1.165, 1.54) is 11.8 Å². The first-order chi connectivity index (χ1) is 8.13. The van der Waals surface area contributed by atoms with Gasteiger partial charge in [0, 0.05) is 13.6 Å². The quantitative estimate of drug-likeness (QED) is 0.792. The summed E-state index contributed by atoms with van der Waals surface area (Å²) in [6.07, 6.45) is 1.92. The molecule has 0 aliphatic rings. The molecule has 0 fully saturated rings. The van der Waals surface area contributed by atoms with Gasteiger partial charge in [-0.2, -0.15) is 5.26 Å². The topological polar surface area (TPSA) is 83.0 Å². The molecule has 1 aromatic heterocycles. The average Bonchev–Trinajstić information content (AvgIpc) is 2.34. The number of carbonyl (C=O) groups is 1. The largest absolute Gasteiger partial charge is 0.397 e. The Kier molecular flexibility index (Phi) is 5.30. The number of nitrogens with zero attached hydrogens (tertiary/aromatic N) is 3. The first kappa shape index (κ1) is 13.3. The lowest BCUT2D eigenvalue weighted by Crippen LogP contribution is -2.29. The first-order valence-electron chi connectivity index (χ1n) is 5.08. The molecule has 1 amide bonds. The van der Waals surface area contributed by atoms with Gasteiger partial charge in [0.2, 0.25) is 5.91 Å². The highest BCUT2D eigenvalue weighted by Gasteiger charge is 2.09. The lowest BCUT2D eigenvalue weighted by Gasteiger charge is -2.14. The SMILES string of the molecule is CN(CCC#N)C(=O)CSc1ccc(N)cn1. The van der Waals surface area contributed by atoms with E-state index in [2.05, 4.69) is 4.98 Å². The predicted octanol–water partition coefficient (Wildman–Crippen LogP) is 1.13. The molecule has 6 heteroatoms. The van der Waals surface area contributed by atoms with Gasteiger partial charge in [-0.3, -0.25) is 4.79 Å². The first-order valence-corrected chi connectivity index (χ1v) is 6.07. The maximum absolute atomic E-state index is 11.6. The van der Waals surface area contributed by atoms with E-state index in [1.54, 1.807) is 30.3 Å². The Morgan fingerprint density at radius 2 is 2.41 bits per heavy atom. The minimum Gasteiger partial charge on any atom is -0.397 e. The maximum atomic E-state index is 11.6. The molecule has 0 unspecified atom stereocenters. The van der Waals surface area contributed by atoms with Gasteiger partial charge in [0.05, 0.1) is 35.2 Å². The molecule has 0 aliphatic carbocycles. The summed E-state index contributed by atoms with van der Waals surface area (Å²) in [5.41, 5.74) is 6.11. The molecule has 5 nitrogen and oxygen atoms in total. The van der Waals surface area contributed by atoms with Gasteiger partial charge in [0.1, 0.15) is 0 Å². The van der Waals surface area contributed by atoms with Gasteiger partial charge in [-0.15, -0.1) is 0 Å². The van der Waals surface area contributed by atoms with Crippen LogP contribution < -0.4 is 5.73 Å². The van der Waals surface area contributed by atoms with Crippen LogP contribution in [0.25, 0.3) is 0 Å². The van der Waals surface area contributed by atoms with E-state index in [0.717, 1.165) is 5.03 Å². The van der Waals surface area contributed by atoms with Crippen molar-refractivity contribution in [3.8, 4) is 6.07 Å². The number of rotatable bonds is 5. The van der Waals surface area contributed by atoms with E-state index in [4.69, 9.17) is 11.0 Å². The summed E-state index contributed by atoms with van der Waals surface area (Å²) in [6, 6.07) is 5.54. The standard InChI is InChI=1S/C11H14N4OS/c1-15(6-2-5-12)11(16)8-17-10-4-3-9(13)7-14-10/h3-4,7H,2,6,8,13H2,1H3. The summed E-state index contributed by atoms with van der Waals surface area (Å²) < 4.78 is 0. The molecule has 2 N–H and O–H groups in total. The Balaban J connectivity index is 2.37. The summed E-state index contributed by atoms with van der Waals surface area (Å²) in [4.78, 5) is 17.3. The van der Waals surface area contributed by atoms with Crippen molar-refractivity contribution in [2.75, 3.05) is 25.1 Å². The van der Waals surface area contributed by atoms with E-state index in [9.17, 15) is 4.79 Å². The van der Waals surface area contributed by atoms with Gasteiger partial charge in [-0.05, 0) is 12.1 Å². The number of carbonyl (C=O) groups excluding carboxylic acids is 1. The normalized spacial score (nSPS) is 9.65. The molecule has 0 saturated carbocycles. The Morgan fingerprint density at radius 1 is 1.65 bits per heavy atom. The van der Waals surface area contributed by atoms with Crippen molar-refractivity contribution in [1.29, 1.82) is 5.26 Å². The number of nitrogen functional groups attached to an aromatic ring is 1. The Hall–Kier alpha value is -1.74. The van der Waals surface area contributed by atoms with Crippen LogP contribution in [-0.2, 0) is 4.79 Å². The zero-order valence-electron chi connectivity index (χ0n) is 9.59. The molecule has 90 valence electrons. The highest BCUT2D eigenvalue weighted by atomic mass is 32.2. The number of thioether (sulfide) groups is 1. The van der Waals surface area contributed by atoms with E-state index < -0.39 is 0 Å². The van der Waals surface area contributed by atoms with Crippen LogP contribution in [0.15, 0.2) is 23.4 Å². The number of nitrogens with two attached hydrogens (primary N) is 1. The second kappa shape index (κ2) is 6.76. The summed E-state index contributed by atoms with van der Waals surface area (Å²) in [5.74, 6) is 0.308. The summed E-state index contributed by atoms with van der Waals surface area (Å²) in [7, 11) is 1.69. The van der Waals surface area contributed by atoms with E-state index in [1.807, 2.05) is 6.07 Å². The molecule has 17 heavy (non-hydrogen) atoms. The number of hydrogen-bond donors (Lipinski definition) is 1. The molecule has 1 rings (SSSR count). The van der Waals surface area contributed by atoms with Crippen molar-refractivity contribution in [1.82, 2.24) is 9.88 Å². The number of aromatic nitrogens is 1. The summed E-state index contributed by atoms with van der Waals surface area (Å²) >= 11 is 1.36. The van der Waals surface area contributed by atoms with Crippen LogP contribution >= 0.6 is 11.8 Å². The lowest BCUT2D eigenvalue weighted by atomic mass is 10.4. The Morgan fingerprint density at radius 3 is 3.00 bits per heavy atom. The smallest absolute Gasteiger partial charge is 0.232 e. The fraction of sp³-hybridized carbons (Fsp3) is 0.364. The van der Waals surface area contributed by atoms with Crippen LogP contribution in [0.1, 0.15) is 6.42 Å². The highest BCUT2D eigenvalue weighted by molar-refractivity contribution is 7.99. The van der Waals surface area contributed by atoms with E-state index in [0.29, 0.717) is 24.4 Å². The van der Waals surface area contributed by atoms with Crippen molar-refractivity contribution in [3.05, 3.63) is 18.3 Å². The van der Waals surface area contributed by atoms with Gasteiger partial charge in [-0.25, -0.2) is 4.98 Å². The highest BCUT2D eigenvalue weighted by Crippen LogP contribution is 2.16. The number of anilines is 1. The third kappa shape index (κ3) is 4.74. The molecule has 1 heterocycles. The molecule has 0 bridgehead atoms. The lowest BCUT2D eigenvalue weighted by molar-refractivity contribution is -0.127. The fourth-order valence-corrected chi connectivity index (χ4v) is 1.85. The van der Waals surface area contributed by atoms with Gasteiger partial charge in [0.25, 0.3) is 0 Å². The van der Waals surface area contributed by atoms with Crippen LogP contribution in [0, 0.1) is 11.3 Å². The Labute approximate surface area is 105 Å². The number of amides is 1. The van der Waals surface area contributed by atoms with Crippen LogP contribution in [0.2, 0.25) is 0 Å². The van der Waals surface area contributed by atoms with E-state index >= 15 is 0 Å². The average molecular weight is 250 g/mol. The molecule has 0 aliphatic heterocycles. The molecule has 0 atom stereocenters. The van der Waals surface area contributed by atoms with Gasteiger partial charge >= 0.3 is 0 Å². The second-order valence-electron chi connectivity index (χ2n) is 3.44. The molecule has 0 saturated heterocycles. The van der Waals surface area contributed by atoms with Crippen LogP contribution in [0.5, 0.6) is 0 Å². The maximum Gasteiger partial charge on any atom is 0.232 e. The third-order valence-corrected chi connectivity index (χ3v) is 3.02. The third-order valence-electron chi connectivity index (χ3n) is 2.09. The summed E-state index contributed by atoms with van der Waals surface area (Å²) in [6.45, 7) is 0.463. The van der Waals surface area contributed by atoms with Crippen LogP contribution in [0.3, 0.4) is 0 Å². The minimum atomic E-state index is -0.0103. The fourth-order valence-electron chi connectivity index (χ4n) is 1.07. The van der Waals surface area contributed by atoms with Crippen molar-refractivity contribution < 1.29 is 4.79 Å². The van der Waals surface area contributed by atoms with E-state index in [-0.39, 0.29) is 5.91 Å². The Bertz CT molecular complexity index is 412. The predicted molar refractivity (Wildman–Crippen MR) is 67.2 cm³/mol. The molecule has 1 aromatic rings. The zero-order chi connectivity index (χ0) is 12.7.